The Bertz CT molecular complexity index is 296. The quantitative estimate of drug-likeness (QED) is 0.749. The molecule has 5 heteroatoms. The summed E-state index contributed by atoms with van der Waals surface area (Å²) < 4.78 is 5.14. The lowest BCUT2D eigenvalue weighted by atomic mass is 10.2. The standard InChI is InChI=1S/C11H22N4O/c1-9(2)7-12-8-11-13-10(14-16-11)5-6-15(3)4/h9,12H,5-8H2,1-4H3. The summed E-state index contributed by atoms with van der Waals surface area (Å²) in [7, 11) is 4.07. The Labute approximate surface area is 97.2 Å². The Hall–Kier alpha value is -0.940. The third kappa shape index (κ3) is 5.23. The Kier molecular flexibility index (Phi) is 5.42. The molecule has 0 saturated heterocycles. The molecule has 0 spiro atoms. The van der Waals surface area contributed by atoms with Crippen LogP contribution in [-0.2, 0) is 13.0 Å². The van der Waals surface area contributed by atoms with Gasteiger partial charge in [0.25, 0.3) is 0 Å². The summed E-state index contributed by atoms with van der Waals surface area (Å²) in [6.45, 7) is 6.91. The molecule has 0 saturated carbocycles. The van der Waals surface area contributed by atoms with E-state index in [0.29, 0.717) is 18.4 Å². The monoisotopic (exact) mass is 226 g/mol. The van der Waals surface area contributed by atoms with Crippen LogP contribution in [0, 0.1) is 5.92 Å². The molecule has 0 aliphatic heterocycles. The second-order valence-corrected chi connectivity index (χ2v) is 4.68. The third-order valence-electron chi connectivity index (χ3n) is 2.12. The molecule has 0 atom stereocenters. The molecule has 1 heterocycles. The molecule has 92 valence electrons. The van der Waals surface area contributed by atoms with Gasteiger partial charge in [0.1, 0.15) is 0 Å². The van der Waals surface area contributed by atoms with Crippen molar-refractivity contribution in [1.29, 1.82) is 0 Å². The molecular weight excluding hydrogens is 204 g/mol. The lowest BCUT2D eigenvalue weighted by Gasteiger charge is -2.05. The van der Waals surface area contributed by atoms with Crippen LogP contribution in [0.3, 0.4) is 0 Å². The first-order valence-corrected chi connectivity index (χ1v) is 5.75. The number of nitrogens with one attached hydrogen (secondary N) is 1. The molecule has 0 amide bonds. The minimum Gasteiger partial charge on any atom is -0.338 e. The van der Waals surface area contributed by atoms with Crippen LogP contribution in [0.1, 0.15) is 25.6 Å². The molecule has 1 aromatic rings. The van der Waals surface area contributed by atoms with E-state index in [-0.39, 0.29) is 0 Å². The summed E-state index contributed by atoms with van der Waals surface area (Å²) in [5.41, 5.74) is 0. The normalized spacial score (nSPS) is 11.6. The first kappa shape index (κ1) is 13.1. The van der Waals surface area contributed by atoms with Gasteiger partial charge in [-0.05, 0) is 26.6 Å². The van der Waals surface area contributed by atoms with Crippen molar-refractivity contribution in [3.05, 3.63) is 11.7 Å². The summed E-state index contributed by atoms with van der Waals surface area (Å²) in [6.07, 6.45) is 0.834. The second kappa shape index (κ2) is 6.60. The summed E-state index contributed by atoms with van der Waals surface area (Å²) in [6, 6.07) is 0. The Morgan fingerprint density at radius 2 is 2.12 bits per heavy atom. The van der Waals surface area contributed by atoms with Crippen molar-refractivity contribution in [1.82, 2.24) is 20.4 Å². The summed E-state index contributed by atoms with van der Waals surface area (Å²) >= 11 is 0. The third-order valence-corrected chi connectivity index (χ3v) is 2.12. The summed E-state index contributed by atoms with van der Waals surface area (Å²) in [5, 5.41) is 7.21. The number of hydrogen-bond donors (Lipinski definition) is 1. The van der Waals surface area contributed by atoms with Crippen LogP contribution >= 0.6 is 0 Å². The average molecular weight is 226 g/mol. The minimum absolute atomic E-state index is 0.635. The van der Waals surface area contributed by atoms with Crippen molar-refractivity contribution >= 4 is 0 Å². The molecule has 0 bridgehead atoms. The minimum atomic E-state index is 0.635. The van der Waals surface area contributed by atoms with E-state index in [2.05, 4.69) is 34.2 Å². The molecule has 1 aromatic heterocycles. The van der Waals surface area contributed by atoms with Gasteiger partial charge in [-0.15, -0.1) is 0 Å². The van der Waals surface area contributed by atoms with E-state index in [1.54, 1.807) is 0 Å². The molecule has 0 fully saturated rings. The van der Waals surface area contributed by atoms with Crippen molar-refractivity contribution in [2.45, 2.75) is 26.8 Å². The highest BCUT2D eigenvalue weighted by atomic mass is 16.5. The van der Waals surface area contributed by atoms with E-state index in [4.69, 9.17) is 4.52 Å². The average Bonchev–Trinajstić information content (AvgIpc) is 2.62. The lowest BCUT2D eigenvalue weighted by molar-refractivity contribution is 0.354. The van der Waals surface area contributed by atoms with Crippen molar-refractivity contribution < 1.29 is 4.52 Å². The van der Waals surface area contributed by atoms with Crippen LogP contribution in [0.2, 0.25) is 0 Å². The zero-order chi connectivity index (χ0) is 12.0. The molecule has 0 aromatic carbocycles. The highest BCUT2D eigenvalue weighted by Gasteiger charge is 2.06. The first-order chi connectivity index (χ1) is 7.58. The number of likely N-dealkylation sites (N-methyl/N-ethyl adjacent to an activating group) is 1. The Morgan fingerprint density at radius 1 is 1.38 bits per heavy atom. The van der Waals surface area contributed by atoms with Crippen LogP contribution in [0.15, 0.2) is 4.52 Å². The number of nitrogens with zero attached hydrogens (tertiary/aromatic N) is 3. The fourth-order valence-electron chi connectivity index (χ4n) is 1.25. The second-order valence-electron chi connectivity index (χ2n) is 4.68. The van der Waals surface area contributed by atoms with Crippen LogP contribution in [0.25, 0.3) is 0 Å². The van der Waals surface area contributed by atoms with Crippen molar-refractivity contribution in [2.24, 2.45) is 5.92 Å². The van der Waals surface area contributed by atoms with Gasteiger partial charge in [-0.2, -0.15) is 4.98 Å². The van der Waals surface area contributed by atoms with E-state index in [0.717, 1.165) is 25.3 Å². The van der Waals surface area contributed by atoms with E-state index in [1.165, 1.54) is 0 Å². The van der Waals surface area contributed by atoms with Gasteiger partial charge in [0.2, 0.25) is 5.89 Å². The van der Waals surface area contributed by atoms with Crippen molar-refractivity contribution in [3.8, 4) is 0 Å². The maximum Gasteiger partial charge on any atom is 0.240 e. The van der Waals surface area contributed by atoms with Crippen molar-refractivity contribution in [3.63, 3.8) is 0 Å². The fraction of sp³-hybridized carbons (Fsp3) is 0.818. The predicted molar refractivity (Wildman–Crippen MR) is 63.1 cm³/mol. The zero-order valence-electron chi connectivity index (χ0n) is 10.7. The highest BCUT2D eigenvalue weighted by molar-refractivity contribution is 4.86. The van der Waals surface area contributed by atoms with E-state index < -0.39 is 0 Å². The van der Waals surface area contributed by atoms with Crippen LogP contribution in [-0.4, -0.2) is 42.2 Å². The Balaban J connectivity index is 2.28. The van der Waals surface area contributed by atoms with E-state index in [9.17, 15) is 0 Å². The summed E-state index contributed by atoms with van der Waals surface area (Å²) in [4.78, 5) is 6.42. The largest absolute Gasteiger partial charge is 0.338 e. The maximum atomic E-state index is 5.14. The van der Waals surface area contributed by atoms with Gasteiger partial charge in [0.15, 0.2) is 5.82 Å². The smallest absolute Gasteiger partial charge is 0.240 e. The fourth-order valence-corrected chi connectivity index (χ4v) is 1.25. The van der Waals surface area contributed by atoms with Gasteiger partial charge in [0.05, 0.1) is 6.54 Å². The molecule has 1 N–H and O–H groups in total. The molecule has 0 radical (unpaired) electrons. The zero-order valence-corrected chi connectivity index (χ0v) is 10.7. The van der Waals surface area contributed by atoms with Crippen LogP contribution in [0.4, 0.5) is 0 Å². The molecule has 1 rings (SSSR count). The van der Waals surface area contributed by atoms with Gasteiger partial charge >= 0.3 is 0 Å². The Morgan fingerprint density at radius 3 is 2.75 bits per heavy atom. The SMILES string of the molecule is CC(C)CNCc1nc(CCN(C)C)no1. The van der Waals surface area contributed by atoms with E-state index >= 15 is 0 Å². The number of hydrogen-bond acceptors (Lipinski definition) is 5. The van der Waals surface area contributed by atoms with Gasteiger partial charge < -0.3 is 14.7 Å². The number of aromatic nitrogens is 2. The molecule has 5 nitrogen and oxygen atoms in total. The van der Waals surface area contributed by atoms with Gasteiger partial charge in [-0.25, -0.2) is 0 Å². The van der Waals surface area contributed by atoms with E-state index in [1.807, 2.05) is 14.1 Å². The molecule has 0 aliphatic rings. The van der Waals surface area contributed by atoms with Gasteiger partial charge in [-0.3, -0.25) is 0 Å². The number of rotatable bonds is 7. The van der Waals surface area contributed by atoms with Crippen molar-refractivity contribution in [2.75, 3.05) is 27.2 Å². The molecule has 0 unspecified atom stereocenters. The molecule has 0 aliphatic carbocycles. The van der Waals surface area contributed by atoms with Gasteiger partial charge in [0, 0.05) is 13.0 Å². The maximum absolute atomic E-state index is 5.14. The first-order valence-electron chi connectivity index (χ1n) is 5.75. The molecular formula is C11H22N4O. The van der Waals surface area contributed by atoms with Gasteiger partial charge in [-0.1, -0.05) is 19.0 Å². The van der Waals surface area contributed by atoms with Crippen LogP contribution in [0.5, 0.6) is 0 Å². The molecule has 16 heavy (non-hydrogen) atoms. The highest BCUT2D eigenvalue weighted by Crippen LogP contribution is 1.99. The topological polar surface area (TPSA) is 54.2 Å². The summed E-state index contributed by atoms with van der Waals surface area (Å²) in [5.74, 6) is 2.10. The lowest BCUT2D eigenvalue weighted by Crippen LogP contribution is -2.19. The van der Waals surface area contributed by atoms with Crippen LogP contribution < -0.4 is 5.32 Å². The predicted octanol–water partition coefficient (Wildman–Crippen LogP) is 0.919.